The van der Waals surface area contributed by atoms with Gasteiger partial charge in [-0.2, -0.15) is 13.2 Å². The summed E-state index contributed by atoms with van der Waals surface area (Å²) < 4.78 is 68.5. The number of halogens is 5. The van der Waals surface area contributed by atoms with E-state index in [0.29, 0.717) is 16.7 Å². The predicted molar refractivity (Wildman–Crippen MR) is 123 cm³/mol. The van der Waals surface area contributed by atoms with Crippen molar-refractivity contribution in [3.05, 3.63) is 94.1 Å². The Morgan fingerprint density at radius 2 is 1.60 bits per heavy atom. The Bertz CT molecular complexity index is 1520. The van der Waals surface area contributed by atoms with Crippen LogP contribution in [0.4, 0.5) is 13.2 Å². The van der Waals surface area contributed by atoms with Gasteiger partial charge in [-0.25, -0.2) is 17.8 Å². The molecule has 0 fully saturated rings. The Hall–Kier alpha value is -3.41. The zero-order valence-corrected chi connectivity index (χ0v) is 19.6. The first kappa shape index (κ1) is 24.7. The highest BCUT2D eigenvalue weighted by Gasteiger charge is 2.38. The molecular weight excluding hydrogens is 528 g/mol. The van der Waals surface area contributed by atoms with Crippen LogP contribution in [0.2, 0.25) is 10.0 Å². The molecule has 1 amide bonds. The summed E-state index contributed by atoms with van der Waals surface area (Å²) in [5, 5.41) is 8.25. The van der Waals surface area contributed by atoms with Crippen molar-refractivity contribution in [2.45, 2.75) is 11.1 Å². The van der Waals surface area contributed by atoms with Gasteiger partial charge in [0.15, 0.2) is 5.69 Å². The highest BCUT2D eigenvalue weighted by Crippen LogP contribution is 2.34. The molecule has 0 unspecified atom stereocenters. The smallest absolute Gasteiger partial charge is 0.266 e. The fourth-order valence-electron chi connectivity index (χ4n) is 3.27. The van der Waals surface area contributed by atoms with Gasteiger partial charge in [-0.05, 0) is 30.3 Å². The van der Waals surface area contributed by atoms with Gasteiger partial charge in [-0.1, -0.05) is 70.9 Å². The van der Waals surface area contributed by atoms with Crippen LogP contribution in [-0.2, 0) is 16.2 Å². The maximum absolute atomic E-state index is 13.4. The van der Waals surface area contributed by atoms with Crippen LogP contribution in [0.3, 0.4) is 0 Å². The summed E-state index contributed by atoms with van der Waals surface area (Å²) >= 11 is 12.2. The Kier molecular flexibility index (Phi) is 6.58. The van der Waals surface area contributed by atoms with Crippen LogP contribution in [-0.4, -0.2) is 29.3 Å². The number of amides is 1. The van der Waals surface area contributed by atoms with Gasteiger partial charge in [0.2, 0.25) is 0 Å². The molecule has 0 saturated carbocycles. The van der Waals surface area contributed by atoms with E-state index in [4.69, 9.17) is 23.2 Å². The molecule has 13 heteroatoms. The fourth-order valence-corrected chi connectivity index (χ4v) is 4.94. The highest BCUT2D eigenvalue weighted by atomic mass is 35.5. The highest BCUT2D eigenvalue weighted by molar-refractivity contribution is 7.90. The monoisotopic (exact) mass is 540 g/mol. The van der Waals surface area contributed by atoms with Crippen LogP contribution in [0, 0.1) is 0 Å². The molecule has 35 heavy (non-hydrogen) atoms. The van der Waals surface area contributed by atoms with E-state index in [-0.39, 0.29) is 16.4 Å². The number of carbonyl (C=O) groups is 1. The quantitative estimate of drug-likeness (QED) is 0.366. The van der Waals surface area contributed by atoms with Gasteiger partial charge < -0.3 is 0 Å². The molecule has 0 aliphatic heterocycles. The second-order valence-corrected chi connectivity index (χ2v) is 9.58. The van der Waals surface area contributed by atoms with Crippen molar-refractivity contribution in [3.8, 4) is 16.9 Å². The number of nitrogens with zero attached hydrogens (tertiary/aromatic N) is 3. The Morgan fingerprint density at radius 1 is 0.943 bits per heavy atom. The number of hydrogen-bond donors (Lipinski definition) is 1. The van der Waals surface area contributed by atoms with Crippen molar-refractivity contribution < 1.29 is 26.4 Å². The molecule has 7 nitrogen and oxygen atoms in total. The molecule has 1 heterocycles. The van der Waals surface area contributed by atoms with E-state index in [1.54, 1.807) is 35.1 Å². The van der Waals surface area contributed by atoms with Crippen LogP contribution in [0.1, 0.15) is 16.1 Å². The van der Waals surface area contributed by atoms with E-state index in [2.05, 4.69) is 10.3 Å². The Balaban J connectivity index is 1.81. The first-order valence-electron chi connectivity index (χ1n) is 9.69. The molecule has 0 radical (unpaired) electrons. The number of nitrogens with one attached hydrogen (secondary N) is 1. The number of carbonyl (C=O) groups excluding carboxylic acids is 1. The van der Waals surface area contributed by atoms with Crippen molar-refractivity contribution in [1.82, 2.24) is 19.7 Å². The van der Waals surface area contributed by atoms with E-state index in [9.17, 15) is 26.4 Å². The second-order valence-electron chi connectivity index (χ2n) is 7.09. The Labute approximate surface area is 207 Å². The van der Waals surface area contributed by atoms with E-state index in [0.717, 1.165) is 18.2 Å². The molecule has 3 aromatic carbocycles. The van der Waals surface area contributed by atoms with Gasteiger partial charge in [0.05, 0.1) is 21.2 Å². The van der Waals surface area contributed by atoms with Gasteiger partial charge in [-0.3, -0.25) is 4.79 Å². The summed E-state index contributed by atoms with van der Waals surface area (Å²) in [4.78, 5) is 11.9. The predicted octanol–water partition coefficient (Wildman–Crippen LogP) is 5.38. The van der Waals surface area contributed by atoms with Gasteiger partial charge in [-0.15, -0.1) is 5.10 Å². The third-order valence-electron chi connectivity index (χ3n) is 4.78. The average Bonchev–Trinajstić information content (AvgIpc) is 3.24. The molecule has 4 aromatic rings. The van der Waals surface area contributed by atoms with E-state index < -0.39 is 38.3 Å². The molecule has 1 aromatic heterocycles. The third-order valence-corrected chi connectivity index (χ3v) is 6.71. The molecule has 4 rings (SSSR count). The first-order valence-corrected chi connectivity index (χ1v) is 11.9. The van der Waals surface area contributed by atoms with E-state index in [1.807, 2.05) is 0 Å². The lowest BCUT2D eigenvalue weighted by Crippen LogP contribution is -2.32. The normalized spacial score (nSPS) is 11.9. The van der Waals surface area contributed by atoms with Crippen LogP contribution < -0.4 is 4.72 Å². The van der Waals surface area contributed by atoms with Gasteiger partial charge in [0, 0.05) is 10.6 Å². The molecule has 0 spiro atoms. The lowest BCUT2D eigenvalue weighted by Gasteiger charge is -2.14. The molecule has 180 valence electrons. The van der Waals surface area contributed by atoms with Crippen molar-refractivity contribution >= 4 is 39.1 Å². The van der Waals surface area contributed by atoms with Crippen molar-refractivity contribution in [3.63, 3.8) is 0 Å². The lowest BCUT2D eigenvalue weighted by atomic mass is 10.1. The molecule has 1 N–H and O–H groups in total. The summed E-state index contributed by atoms with van der Waals surface area (Å²) in [6.45, 7) is 0. The van der Waals surface area contributed by atoms with Gasteiger partial charge >= 0.3 is 6.18 Å². The minimum Gasteiger partial charge on any atom is -0.266 e. The lowest BCUT2D eigenvalue weighted by molar-refractivity contribution is -0.139. The number of alkyl halides is 3. The third kappa shape index (κ3) is 5.02. The van der Waals surface area contributed by atoms with Crippen LogP contribution in [0.25, 0.3) is 16.9 Å². The molecule has 0 atom stereocenters. The minimum atomic E-state index is -4.96. The SMILES string of the molecule is O=C(NS(=O)(=O)c1ccccc1C(F)(F)F)c1nnn(-c2ccc(Cl)cc2Cl)c1-c1ccccc1. The van der Waals surface area contributed by atoms with Crippen LogP contribution in [0.5, 0.6) is 0 Å². The van der Waals surface area contributed by atoms with E-state index >= 15 is 0 Å². The summed E-state index contributed by atoms with van der Waals surface area (Å²) in [5.41, 5.74) is -1.10. The van der Waals surface area contributed by atoms with Crippen LogP contribution in [0.15, 0.2) is 77.7 Å². The minimum absolute atomic E-state index is 0.0617. The van der Waals surface area contributed by atoms with Gasteiger partial charge in [0.25, 0.3) is 15.9 Å². The topological polar surface area (TPSA) is 93.9 Å². The van der Waals surface area contributed by atoms with E-state index in [1.165, 1.54) is 22.9 Å². The molecule has 0 bridgehead atoms. The zero-order chi connectivity index (χ0) is 25.4. The number of hydrogen-bond acceptors (Lipinski definition) is 5. The molecular formula is C22H13Cl2F3N4O3S. The van der Waals surface area contributed by atoms with Crippen molar-refractivity contribution in [2.75, 3.05) is 0 Å². The standard InChI is InChI=1S/C22H13Cl2F3N4O3S/c23-14-10-11-17(16(24)12-14)31-20(13-6-2-1-3-7-13)19(28-30-31)21(32)29-35(33,34)18-9-5-4-8-15(18)22(25,26)27/h1-12H,(H,29,32). The van der Waals surface area contributed by atoms with Crippen LogP contribution >= 0.6 is 23.2 Å². The molecule has 0 saturated heterocycles. The van der Waals surface area contributed by atoms with Crippen molar-refractivity contribution in [1.29, 1.82) is 0 Å². The maximum Gasteiger partial charge on any atom is 0.417 e. The summed E-state index contributed by atoms with van der Waals surface area (Å²) in [6.07, 6.45) is -4.96. The summed E-state index contributed by atoms with van der Waals surface area (Å²) in [7, 11) is -4.93. The Morgan fingerprint density at radius 3 is 2.26 bits per heavy atom. The molecule has 0 aliphatic rings. The number of benzene rings is 3. The number of rotatable bonds is 5. The second kappa shape index (κ2) is 9.33. The zero-order valence-electron chi connectivity index (χ0n) is 17.3. The fraction of sp³-hybridized carbons (Fsp3) is 0.0455. The number of aromatic nitrogens is 3. The summed E-state index contributed by atoms with van der Waals surface area (Å²) in [6, 6.07) is 16.3. The maximum atomic E-state index is 13.4. The molecule has 0 aliphatic carbocycles. The first-order chi connectivity index (χ1) is 16.5. The van der Waals surface area contributed by atoms with Gasteiger partial charge in [0.1, 0.15) is 5.69 Å². The van der Waals surface area contributed by atoms with Crippen molar-refractivity contribution in [2.24, 2.45) is 0 Å². The largest absolute Gasteiger partial charge is 0.417 e. The average molecular weight is 541 g/mol. The summed E-state index contributed by atoms with van der Waals surface area (Å²) in [5.74, 6) is -1.28. The number of sulfonamides is 1.